The molecule has 0 atom stereocenters. The maximum atomic E-state index is 12.7. The van der Waals surface area contributed by atoms with Gasteiger partial charge in [-0.25, -0.2) is 0 Å². The zero-order chi connectivity index (χ0) is 16.4. The van der Waals surface area contributed by atoms with E-state index in [0.29, 0.717) is 34.2 Å². The zero-order valence-corrected chi connectivity index (χ0v) is 13.0. The summed E-state index contributed by atoms with van der Waals surface area (Å²) in [5, 5.41) is 6.76. The molecule has 0 saturated heterocycles. The normalized spacial score (nSPS) is 10.6. The number of aryl methyl sites for hydroxylation is 2. The van der Waals surface area contributed by atoms with Crippen molar-refractivity contribution in [3.05, 3.63) is 53.5 Å². The van der Waals surface area contributed by atoms with E-state index in [1.807, 2.05) is 19.1 Å². The maximum absolute atomic E-state index is 12.7. The lowest BCUT2D eigenvalue weighted by atomic mass is 10.1. The highest BCUT2D eigenvalue weighted by atomic mass is 16.5. The fourth-order valence-corrected chi connectivity index (χ4v) is 2.33. The number of hydrogen-bond acceptors (Lipinski definition) is 5. The number of furan rings is 1. The third-order valence-electron chi connectivity index (χ3n) is 3.45. The molecule has 2 heterocycles. The molecule has 0 unspecified atom stereocenters. The summed E-state index contributed by atoms with van der Waals surface area (Å²) in [7, 11) is 1.55. The summed E-state index contributed by atoms with van der Waals surface area (Å²) < 4.78 is 15.7. The van der Waals surface area contributed by atoms with E-state index in [9.17, 15) is 4.79 Å². The van der Waals surface area contributed by atoms with E-state index >= 15 is 0 Å². The Hall–Kier alpha value is -3.02. The van der Waals surface area contributed by atoms with Crippen LogP contribution >= 0.6 is 0 Å². The van der Waals surface area contributed by atoms with Crippen molar-refractivity contribution in [1.82, 2.24) is 5.16 Å². The second-order valence-electron chi connectivity index (χ2n) is 5.10. The number of nitrogens with one attached hydrogen (secondary N) is 1. The van der Waals surface area contributed by atoms with Crippen LogP contribution in [0.15, 0.2) is 45.5 Å². The number of carbonyl (C=O) groups is 1. The van der Waals surface area contributed by atoms with Gasteiger partial charge >= 0.3 is 0 Å². The number of amides is 1. The summed E-state index contributed by atoms with van der Waals surface area (Å²) in [6.45, 7) is 3.62. The molecule has 118 valence electrons. The van der Waals surface area contributed by atoms with E-state index in [4.69, 9.17) is 13.7 Å². The van der Waals surface area contributed by atoms with Crippen molar-refractivity contribution >= 4 is 11.6 Å². The number of hydrogen-bond donors (Lipinski definition) is 1. The summed E-state index contributed by atoms with van der Waals surface area (Å²) in [4.78, 5) is 12.7. The average molecular weight is 312 g/mol. The number of benzene rings is 1. The maximum Gasteiger partial charge on any atom is 0.261 e. The number of aromatic nitrogens is 1. The minimum atomic E-state index is -0.334. The zero-order valence-electron chi connectivity index (χ0n) is 13.0. The fourth-order valence-electron chi connectivity index (χ4n) is 2.33. The number of rotatable bonds is 4. The van der Waals surface area contributed by atoms with Gasteiger partial charge in [0.1, 0.15) is 17.1 Å². The first kappa shape index (κ1) is 14.9. The monoisotopic (exact) mass is 312 g/mol. The standard InChI is InChI=1S/C17H16N2O4/c1-10-6-7-13(21-3)12(9-10)18-17(20)15-11(2)23-19-16(15)14-5-4-8-22-14/h4-9H,1-3H3,(H,18,20). The minimum Gasteiger partial charge on any atom is -0.495 e. The first-order valence-corrected chi connectivity index (χ1v) is 7.06. The highest BCUT2D eigenvalue weighted by molar-refractivity contribution is 6.09. The van der Waals surface area contributed by atoms with Gasteiger partial charge in [0.05, 0.1) is 19.1 Å². The molecule has 1 N–H and O–H groups in total. The van der Waals surface area contributed by atoms with Crippen LogP contribution in [0.2, 0.25) is 0 Å². The van der Waals surface area contributed by atoms with Gasteiger partial charge in [-0.15, -0.1) is 0 Å². The SMILES string of the molecule is COc1ccc(C)cc1NC(=O)c1c(-c2ccco2)noc1C. The molecule has 0 saturated carbocycles. The molecule has 0 aliphatic carbocycles. The number of nitrogens with zero attached hydrogens (tertiary/aromatic N) is 1. The second kappa shape index (κ2) is 6.00. The lowest BCUT2D eigenvalue weighted by molar-refractivity contribution is 0.102. The summed E-state index contributed by atoms with van der Waals surface area (Å²) in [5.41, 5.74) is 2.30. The van der Waals surface area contributed by atoms with Gasteiger partial charge in [-0.1, -0.05) is 11.2 Å². The van der Waals surface area contributed by atoms with Crippen LogP contribution in [-0.4, -0.2) is 18.2 Å². The summed E-state index contributed by atoms with van der Waals surface area (Å²) >= 11 is 0. The summed E-state index contributed by atoms with van der Waals surface area (Å²) in [6, 6.07) is 9.00. The number of methoxy groups -OCH3 is 1. The van der Waals surface area contributed by atoms with Gasteiger partial charge in [0.15, 0.2) is 11.5 Å². The highest BCUT2D eigenvalue weighted by Crippen LogP contribution is 2.29. The lowest BCUT2D eigenvalue weighted by Crippen LogP contribution is -2.14. The van der Waals surface area contributed by atoms with Crippen molar-refractivity contribution < 1.29 is 18.5 Å². The van der Waals surface area contributed by atoms with E-state index in [0.717, 1.165) is 5.56 Å². The molecule has 23 heavy (non-hydrogen) atoms. The van der Waals surface area contributed by atoms with Gasteiger partial charge in [-0.3, -0.25) is 4.79 Å². The Morgan fingerprint density at radius 3 is 2.78 bits per heavy atom. The Labute approximate surface area is 133 Å². The van der Waals surface area contributed by atoms with E-state index in [-0.39, 0.29) is 5.91 Å². The molecule has 0 spiro atoms. The molecule has 3 aromatic rings. The van der Waals surface area contributed by atoms with E-state index in [1.165, 1.54) is 6.26 Å². The van der Waals surface area contributed by atoms with Crippen LogP contribution in [0.3, 0.4) is 0 Å². The Morgan fingerprint density at radius 2 is 2.09 bits per heavy atom. The first-order valence-electron chi connectivity index (χ1n) is 7.06. The lowest BCUT2D eigenvalue weighted by Gasteiger charge is -2.11. The molecule has 0 fully saturated rings. The number of ether oxygens (including phenoxy) is 1. The van der Waals surface area contributed by atoms with Crippen LogP contribution < -0.4 is 10.1 Å². The molecule has 3 rings (SSSR count). The largest absolute Gasteiger partial charge is 0.495 e. The first-order chi connectivity index (χ1) is 11.1. The summed E-state index contributed by atoms with van der Waals surface area (Å²) in [6.07, 6.45) is 1.52. The van der Waals surface area contributed by atoms with Crippen LogP contribution in [0.1, 0.15) is 21.7 Å². The molecule has 0 bridgehead atoms. The Morgan fingerprint density at radius 1 is 1.26 bits per heavy atom. The molecule has 2 aromatic heterocycles. The van der Waals surface area contributed by atoms with E-state index in [1.54, 1.807) is 32.2 Å². The van der Waals surface area contributed by atoms with Crippen molar-refractivity contribution in [2.75, 3.05) is 12.4 Å². The van der Waals surface area contributed by atoms with Crippen LogP contribution in [0.5, 0.6) is 5.75 Å². The summed E-state index contributed by atoms with van der Waals surface area (Å²) in [5.74, 6) is 1.14. The molecule has 6 nitrogen and oxygen atoms in total. The van der Waals surface area contributed by atoms with Gasteiger partial charge in [0.2, 0.25) is 0 Å². The van der Waals surface area contributed by atoms with E-state index < -0.39 is 0 Å². The third kappa shape index (κ3) is 2.83. The van der Waals surface area contributed by atoms with Gasteiger partial charge < -0.3 is 19.0 Å². The van der Waals surface area contributed by atoms with Crippen molar-refractivity contribution in [1.29, 1.82) is 0 Å². The van der Waals surface area contributed by atoms with Crippen molar-refractivity contribution in [3.8, 4) is 17.2 Å². The van der Waals surface area contributed by atoms with Crippen LogP contribution in [0.4, 0.5) is 5.69 Å². The quantitative estimate of drug-likeness (QED) is 0.792. The van der Waals surface area contributed by atoms with Gasteiger partial charge in [-0.05, 0) is 43.7 Å². The molecular weight excluding hydrogens is 296 g/mol. The van der Waals surface area contributed by atoms with E-state index in [2.05, 4.69) is 10.5 Å². The fraction of sp³-hybridized carbons (Fsp3) is 0.176. The Balaban J connectivity index is 1.96. The van der Waals surface area contributed by atoms with Gasteiger partial charge in [0.25, 0.3) is 5.91 Å². The Kier molecular flexibility index (Phi) is 3.89. The van der Waals surface area contributed by atoms with Crippen LogP contribution in [0.25, 0.3) is 11.5 Å². The second-order valence-corrected chi connectivity index (χ2v) is 5.10. The predicted octanol–water partition coefficient (Wildman–Crippen LogP) is 3.81. The molecule has 0 radical (unpaired) electrons. The van der Waals surface area contributed by atoms with Gasteiger partial charge in [0, 0.05) is 0 Å². The molecule has 6 heteroatoms. The molecule has 1 aromatic carbocycles. The molecule has 0 aliphatic rings. The number of anilines is 1. The van der Waals surface area contributed by atoms with Crippen molar-refractivity contribution in [2.45, 2.75) is 13.8 Å². The minimum absolute atomic E-state index is 0.334. The topological polar surface area (TPSA) is 77.5 Å². The third-order valence-corrected chi connectivity index (χ3v) is 3.45. The smallest absolute Gasteiger partial charge is 0.261 e. The molecule has 0 aliphatic heterocycles. The van der Waals surface area contributed by atoms with Crippen LogP contribution in [0, 0.1) is 13.8 Å². The van der Waals surface area contributed by atoms with Crippen molar-refractivity contribution in [3.63, 3.8) is 0 Å². The highest BCUT2D eigenvalue weighted by Gasteiger charge is 2.24. The average Bonchev–Trinajstić information content (AvgIpc) is 3.16. The van der Waals surface area contributed by atoms with Gasteiger partial charge in [-0.2, -0.15) is 0 Å². The van der Waals surface area contributed by atoms with Crippen LogP contribution in [-0.2, 0) is 0 Å². The number of carbonyl (C=O) groups excluding carboxylic acids is 1. The molecular formula is C17H16N2O4. The van der Waals surface area contributed by atoms with Crippen molar-refractivity contribution in [2.24, 2.45) is 0 Å². The Bertz CT molecular complexity index is 834. The molecule has 1 amide bonds. The predicted molar refractivity (Wildman–Crippen MR) is 84.6 cm³/mol.